The summed E-state index contributed by atoms with van der Waals surface area (Å²) in [6, 6.07) is 22.6. The van der Waals surface area contributed by atoms with Crippen molar-refractivity contribution >= 4 is 28.9 Å². The molecule has 25 heavy (non-hydrogen) atoms. The van der Waals surface area contributed by atoms with E-state index in [2.05, 4.69) is 48.7 Å². The molecule has 0 aliphatic heterocycles. The van der Waals surface area contributed by atoms with Gasteiger partial charge in [0.15, 0.2) is 4.90 Å². The molecule has 0 saturated carbocycles. The first-order valence-electron chi connectivity index (χ1n) is 7.49. The van der Waals surface area contributed by atoms with Crippen LogP contribution < -0.4 is 0 Å². The summed E-state index contributed by atoms with van der Waals surface area (Å²) in [7, 11) is -5.86. The summed E-state index contributed by atoms with van der Waals surface area (Å²) in [6.45, 7) is 0. The highest BCUT2D eigenvalue weighted by Gasteiger charge is 2.20. The molecule has 3 aromatic rings. The largest absolute Gasteiger partial charge is 0.673 e. The summed E-state index contributed by atoms with van der Waals surface area (Å²) in [4.78, 5) is 1.29. The SMILES string of the molecule is C[S+](Cc1cccc2ccccc12)c1ccc(O)cc1.F[B-](F)(F)F. The Morgan fingerprint density at radius 1 is 0.840 bits per heavy atom. The van der Waals surface area contributed by atoms with Crippen molar-refractivity contribution < 1.29 is 22.4 Å². The van der Waals surface area contributed by atoms with E-state index in [0.29, 0.717) is 5.75 Å². The van der Waals surface area contributed by atoms with Gasteiger partial charge in [-0.3, -0.25) is 0 Å². The first kappa shape index (κ1) is 19.2. The van der Waals surface area contributed by atoms with E-state index in [4.69, 9.17) is 0 Å². The number of fused-ring (bicyclic) bond motifs is 1. The average molecular weight is 368 g/mol. The van der Waals surface area contributed by atoms with Crippen molar-refractivity contribution in [2.45, 2.75) is 10.6 Å². The van der Waals surface area contributed by atoms with Gasteiger partial charge in [0.2, 0.25) is 0 Å². The van der Waals surface area contributed by atoms with Crippen LogP contribution in [0.4, 0.5) is 17.3 Å². The summed E-state index contributed by atoms with van der Waals surface area (Å²) in [5.74, 6) is 1.36. The number of phenolic OH excluding ortho intramolecular Hbond substituents is 1. The van der Waals surface area contributed by atoms with E-state index in [1.807, 2.05) is 12.1 Å². The number of rotatable bonds is 3. The van der Waals surface area contributed by atoms with E-state index >= 15 is 0 Å². The minimum atomic E-state index is -6.00. The van der Waals surface area contributed by atoms with Crippen LogP contribution in [0.15, 0.2) is 71.6 Å². The molecule has 7 heteroatoms. The molecule has 0 aliphatic carbocycles. The second kappa shape index (κ2) is 8.29. The fraction of sp³-hybridized carbons (Fsp3) is 0.111. The molecule has 1 N–H and O–H groups in total. The van der Waals surface area contributed by atoms with Crippen molar-refractivity contribution in [1.29, 1.82) is 0 Å². The van der Waals surface area contributed by atoms with E-state index < -0.39 is 7.25 Å². The van der Waals surface area contributed by atoms with Crippen LogP contribution in [-0.2, 0) is 16.6 Å². The predicted molar refractivity (Wildman–Crippen MR) is 97.5 cm³/mol. The molecule has 1 atom stereocenters. The van der Waals surface area contributed by atoms with E-state index in [-0.39, 0.29) is 10.9 Å². The first-order chi connectivity index (χ1) is 11.7. The monoisotopic (exact) mass is 368 g/mol. The van der Waals surface area contributed by atoms with Gasteiger partial charge in [0.05, 0.1) is 0 Å². The fourth-order valence-corrected chi connectivity index (χ4v) is 3.90. The number of phenols is 1. The Kier molecular flexibility index (Phi) is 6.36. The van der Waals surface area contributed by atoms with Crippen molar-refractivity contribution in [2.24, 2.45) is 0 Å². The van der Waals surface area contributed by atoms with Gasteiger partial charge in [-0.15, -0.1) is 0 Å². The fourth-order valence-electron chi connectivity index (χ4n) is 2.41. The minimum absolute atomic E-state index is 0.140. The van der Waals surface area contributed by atoms with Crippen LogP contribution in [0.5, 0.6) is 5.75 Å². The van der Waals surface area contributed by atoms with Crippen molar-refractivity contribution in [2.75, 3.05) is 6.26 Å². The normalized spacial score (nSPS) is 12.4. The van der Waals surface area contributed by atoms with Crippen LogP contribution in [0.25, 0.3) is 10.8 Å². The lowest BCUT2D eigenvalue weighted by atomic mass is 10.1. The Balaban J connectivity index is 0.000000399. The predicted octanol–water partition coefficient (Wildman–Crippen LogP) is 5.65. The Morgan fingerprint density at radius 3 is 2.04 bits per heavy atom. The zero-order chi connectivity index (χ0) is 18.4. The molecular formula is C18H17BF4OS. The molecule has 3 aromatic carbocycles. The van der Waals surface area contributed by atoms with Gasteiger partial charge in [0.1, 0.15) is 17.8 Å². The van der Waals surface area contributed by atoms with E-state index in [1.165, 1.54) is 21.2 Å². The van der Waals surface area contributed by atoms with Crippen LogP contribution in [-0.4, -0.2) is 18.6 Å². The van der Waals surface area contributed by atoms with E-state index in [9.17, 15) is 22.4 Å². The molecule has 3 rings (SSSR count). The van der Waals surface area contributed by atoms with Crippen molar-refractivity contribution in [1.82, 2.24) is 0 Å². The molecule has 132 valence electrons. The molecule has 0 aromatic heterocycles. The maximum Gasteiger partial charge on any atom is 0.673 e. The van der Waals surface area contributed by atoms with E-state index in [0.717, 1.165) is 5.75 Å². The van der Waals surface area contributed by atoms with Crippen molar-refractivity contribution in [3.05, 3.63) is 72.3 Å². The molecule has 0 amide bonds. The molecule has 1 nitrogen and oxygen atoms in total. The van der Waals surface area contributed by atoms with Crippen LogP contribution in [0.1, 0.15) is 5.56 Å². The van der Waals surface area contributed by atoms with Crippen LogP contribution in [0, 0.1) is 0 Å². The maximum atomic E-state index is 9.75. The minimum Gasteiger partial charge on any atom is -0.508 e. The van der Waals surface area contributed by atoms with Gasteiger partial charge in [-0.1, -0.05) is 42.5 Å². The highest BCUT2D eigenvalue weighted by atomic mass is 32.2. The highest BCUT2D eigenvalue weighted by molar-refractivity contribution is 7.95. The van der Waals surface area contributed by atoms with Crippen LogP contribution in [0.2, 0.25) is 0 Å². The van der Waals surface area contributed by atoms with Crippen molar-refractivity contribution in [3.8, 4) is 5.75 Å². The number of aromatic hydroxyl groups is 1. The topological polar surface area (TPSA) is 20.2 Å². The quantitative estimate of drug-likeness (QED) is 0.360. The summed E-state index contributed by atoms with van der Waals surface area (Å²) in [6.07, 6.45) is 2.26. The third kappa shape index (κ3) is 6.34. The molecule has 1 unspecified atom stereocenters. The molecule has 0 heterocycles. The zero-order valence-corrected chi connectivity index (χ0v) is 14.3. The Hall–Kier alpha value is -2.15. The van der Waals surface area contributed by atoms with E-state index in [1.54, 1.807) is 12.1 Å². The standard InChI is InChI=1S/C18H16OS.BF4/c1-20(17-11-9-16(19)10-12-17)13-15-7-4-6-14-5-2-3-8-18(14)15;2-1(3,4)5/h2-12H,13H2,1H3;/q;-1/p+1. The van der Waals surface area contributed by atoms with Gasteiger partial charge in [0, 0.05) is 16.5 Å². The highest BCUT2D eigenvalue weighted by Crippen LogP contribution is 2.24. The summed E-state index contributed by atoms with van der Waals surface area (Å²) in [5.41, 5.74) is 1.39. The Morgan fingerprint density at radius 2 is 1.40 bits per heavy atom. The molecule has 0 spiro atoms. The molecule has 0 radical (unpaired) electrons. The van der Waals surface area contributed by atoms with Gasteiger partial charge in [0.25, 0.3) is 0 Å². The number of hydrogen-bond donors (Lipinski definition) is 1. The number of halogens is 4. The summed E-state index contributed by atoms with van der Waals surface area (Å²) in [5, 5.41) is 12.0. The third-order valence-electron chi connectivity index (χ3n) is 3.49. The van der Waals surface area contributed by atoms with Crippen LogP contribution in [0.3, 0.4) is 0 Å². The third-order valence-corrected chi connectivity index (χ3v) is 5.31. The second-order valence-corrected chi connectivity index (χ2v) is 7.44. The lowest BCUT2D eigenvalue weighted by Gasteiger charge is -2.07. The smallest absolute Gasteiger partial charge is 0.508 e. The maximum absolute atomic E-state index is 9.75. The van der Waals surface area contributed by atoms with Gasteiger partial charge in [-0.05, 0) is 35.0 Å². The molecule has 0 aliphatic rings. The lowest BCUT2D eigenvalue weighted by molar-refractivity contribution is 0.368. The zero-order valence-electron chi connectivity index (χ0n) is 13.5. The second-order valence-electron chi connectivity index (χ2n) is 5.41. The molecule has 0 bridgehead atoms. The lowest BCUT2D eigenvalue weighted by Crippen LogP contribution is -2.04. The van der Waals surface area contributed by atoms with Gasteiger partial charge < -0.3 is 22.4 Å². The van der Waals surface area contributed by atoms with Crippen LogP contribution >= 0.6 is 0 Å². The van der Waals surface area contributed by atoms with Gasteiger partial charge >= 0.3 is 7.25 Å². The summed E-state index contributed by atoms with van der Waals surface area (Å²) < 4.78 is 39.0. The first-order valence-corrected chi connectivity index (χ1v) is 9.30. The van der Waals surface area contributed by atoms with Gasteiger partial charge in [-0.25, -0.2) is 0 Å². The summed E-state index contributed by atoms with van der Waals surface area (Å²) >= 11 is 0. The van der Waals surface area contributed by atoms with Gasteiger partial charge in [-0.2, -0.15) is 0 Å². The number of benzene rings is 3. The Labute approximate surface area is 146 Å². The Bertz CT molecular complexity index is 810. The average Bonchev–Trinajstić information content (AvgIpc) is 2.54. The number of hydrogen-bond acceptors (Lipinski definition) is 1. The van der Waals surface area contributed by atoms with Crippen molar-refractivity contribution in [3.63, 3.8) is 0 Å². The molecular weight excluding hydrogens is 351 g/mol. The molecule has 0 saturated heterocycles. The molecule has 0 fully saturated rings.